The maximum atomic E-state index is 13.3. The van der Waals surface area contributed by atoms with Gasteiger partial charge in [0.2, 0.25) is 11.9 Å². The predicted octanol–water partition coefficient (Wildman–Crippen LogP) is 2.53. The molecule has 1 aliphatic rings. The summed E-state index contributed by atoms with van der Waals surface area (Å²) in [5.41, 5.74) is 0.206. The highest BCUT2D eigenvalue weighted by molar-refractivity contribution is 8.00. The molecule has 10 heteroatoms. The highest BCUT2D eigenvalue weighted by Gasteiger charge is 2.23. The van der Waals surface area contributed by atoms with Gasteiger partial charge >= 0.3 is 0 Å². The Morgan fingerprint density at radius 1 is 1.30 bits per heavy atom. The van der Waals surface area contributed by atoms with Crippen LogP contribution in [0.4, 0.5) is 20.4 Å². The van der Waals surface area contributed by atoms with Crippen molar-refractivity contribution >= 4 is 29.3 Å². The molecule has 0 aliphatic carbocycles. The molecule has 1 N–H and O–H groups in total. The van der Waals surface area contributed by atoms with Gasteiger partial charge in [0.15, 0.2) is 16.8 Å². The van der Waals surface area contributed by atoms with Gasteiger partial charge in [-0.05, 0) is 26.0 Å². The minimum Gasteiger partial charge on any atom is -0.378 e. The smallest absolute Gasteiger partial charge is 0.237 e. The first-order chi connectivity index (χ1) is 13.0. The van der Waals surface area contributed by atoms with E-state index >= 15 is 0 Å². The van der Waals surface area contributed by atoms with Gasteiger partial charge in [0.05, 0.1) is 18.5 Å². The number of benzene rings is 1. The van der Waals surface area contributed by atoms with E-state index in [0.29, 0.717) is 24.9 Å². The van der Waals surface area contributed by atoms with Crippen molar-refractivity contribution in [1.82, 2.24) is 14.8 Å². The van der Waals surface area contributed by atoms with Crippen molar-refractivity contribution in [3.63, 3.8) is 0 Å². The Morgan fingerprint density at radius 3 is 2.70 bits per heavy atom. The molecule has 0 bridgehead atoms. The van der Waals surface area contributed by atoms with Gasteiger partial charge in [0.25, 0.3) is 0 Å². The summed E-state index contributed by atoms with van der Waals surface area (Å²) in [5.74, 6) is -1.53. The Morgan fingerprint density at radius 2 is 2.04 bits per heavy atom. The summed E-state index contributed by atoms with van der Waals surface area (Å²) < 4.78 is 33.6. The quantitative estimate of drug-likeness (QED) is 0.756. The fourth-order valence-corrected chi connectivity index (χ4v) is 3.58. The summed E-state index contributed by atoms with van der Waals surface area (Å²) in [6, 6.07) is 3.25. The molecule has 0 unspecified atom stereocenters. The van der Waals surface area contributed by atoms with Crippen LogP contribution in [0.2, 0.25) is 0 Å². The van der Waals surface area contributed by atoms with Gasteiger partial charge in [0.1, 0.15) is 0 Å². The number of ether oxygens (including phenoxy) is 1. The molecular weight excluding hydrogens is 376 g/mol. The molecule has 1 atom stereocenters. The van der Waals surface area contributed by atoms with Gasteiger partial charge in [0, 0.05) is 31.4 Å². The average Bonchev–Trinajstić information content (AvgIpc) is 3.08. The standard InChI is InChI=1S/C17H21F2N5O2S/c1-3-24-16(23-6-8-26-9-7-23)21-22-17(24)27-11(2)15(25)20-12-4-5-13(18)14(19)10-12/h4-5,10-11H,3,6-9H2,1-2H3,(H,20,25)/t11-/m0/s1. The lowest BCUT2D eigenvalue weighted by Gasteiger charge is -2.27. The molecule has 0 radical (unpaired) electrons. The fraction of sp³-hybridized carbons (Fsp3) is 0.471. The summed E-state index contributed by atoms with van der Waals surface area (Å²) in [6.45, 7) is 7.16. The molecule has 1 saturated heterocycles. The van der Waals surface area contributed by atoms with E-state index in [2.05, 4.69) is 20.4 Å². The molecule has 0 spiro atoms. The van der Waals surface area contributed by atoms with Gasteiger partial charge in [-0.2, -0.15) is 0 Å². The van der Waals surface area contributed by atoms with Crippen molar-refractivity contribution < 1.29 is 18.3 Å². The number of thioether (sulfide) groups is 1. The van der Waals surface area contributed by atoms with E-state index in [1.165, 1.54) is 17.8 Å². The average molecular weight is 397 g/mol. The maximum Gasteiger partial charge on any atom is 0.237 e. The number of carbonyl (C=O) groups excluding carboxylic acids is 1. The van der Waals surface area contributed by atoms with Crippen molar-refractivity contribution in [3.05, 3.63) is 29.8 Å². The Bertz CT molecular complexity index is 811. The van der Waals surface area contributed by atoms with Crippen LogP contribution >= 0.6 is 11.8 Å². The molecule has 3 rings (SSSR count). The zero-order chi connectivity index (χ0) is 19.4. The van der Waals surface area contributed by atoms with E-state index in [1.54, 1.807) is 6.92 Å². The molecule has 1 aliphatic heterocycles. The Labute approximate surface area is 160 Å². The van der Waals surface area contributed by atoms with Crippen molar-refractivity contribution in [3.8, 4) is 0 Å². The normalized spacial score (nSPS) is 15.6. The lowest BCUT2D eigenvalue weighted by atomic mass is 10.3. The zero-order valence-corrected chi connectivity index (χ0v) is 15.9. The molecule has 1 aromatic heterocycles. The first-order valence-corrected chi connectivity index (χ1v) is 9.56. The topological polar surface area (TPSA) is 72.3 Å². The van der Waals surface area contributed by atoms with Gasteiger partial charge in [-0.1, -0.05) is 11.8 Å². The van der Waals surface area contributed by atoms with Crippen molar-refractivity contribution in [2.45, 2.75) is 30.8 Å². The Hall–Kier alpha value is -2.20. The van der Waals surface area contributed by atoms with E-state index in [1.807, 2.05) is 11.5 Å². The van der Waals surface area contributed by atoms with Crippen LogP contribution in [0.3, 0.4) is 0 Å². The largest absolute Gasteiger partial charge is 0.378 e. The van der Waals surface area contributed by atoms with E-state index in [-0.39, 0.29) is 11.6 Å². The first kappa shape index (κ1) is 19.6. The number of nitrogens with one attached hydrogen (secondary N) is 1. The predicted molar refractivity (Wildman–Crippen MR) is 99.0 cm³/mol. The van der Waals surface area contributed by atoms with Crippen LogP contribution in [-0.4, -0.2) is 52.2 Å². The van der Waals surface area contributed by atoms with Crippen molar-refractivity contribution in [2.75, 3.05) is 36.5 Å². The third-order valence-electron chi connectivity index (χ3n) is 4.15. The summed E-state index contributed by atoms with van der Waals surface area (Å²) >= 11 is 1.27. The van der Waals surface area contributed by atoms with Crippen LogP contribution in [0, 0.1) is 11.6 Å². The van der Waals surface area contributed by atoms with Crippen LogP contribution in [0.5, 0.6) is 0 Å². The Balaban J connectivity index is 1.67. The van der Waals surface area contributed by atoms with Crippen LogP contribution < -0.4 is 10.2 Å². The number of morpholine rings is 1. The second-order valence-corrected chi connectivity index (χ2v) is 7.31. The number of amides is 1. The summed E-state index contributed by atoms with van der Waals surface area (Å²) in [5, 5.41) is 11.2. The van der Waals surface area contributed by atoms with E-state index in [0.717, 1.165) is 31.2 Å². The molecule has 0 saturated carbocycles. The molecule has 1 aromatic carbocycles. The lowest BCUT2D eigenvalue weighted by Crippen LogP contribution is -2.38. The molecule has 27 heavy (non-hydrogen) atoms. The van der Waals surface area contributed by atoms with E-state index < -0.39 is 16.9 Å². The third kappa shape index (κ3) is 4.56. The van der Waals surface area contributed by atoms with Crippen LogP contribution in [-0.2, 0) is 16.1 Å². The van der Waals surface area contributed by atoms with Crippen LogP contribution in [0.1, 0.15) is 13.8 Å². The maximum absolute atomic E-state index is 13.3. The fourth-order valence-electron chi connectivity index (χ4n) is 2.67. The van der Waals surface area contributed by atoms with Gasteiger partial charge in [-0.3, -0.25) is 9.36 Å². The number of halogens is 2. The van der Waals surface area contributed by atoms with Gasteiger partial charge in [-0.15, -0.1) is 10.2 Å². The number of nitrogens with zero attached hydrogens (tertiary/aromatic N) is 4. The number of hydrogen-bond donors (Lipinski definition) is 1. The van der Waals surface area contributed by atoms with Crippen molar-refractivity contribution in [1.29, 1.82) is 0 Å². The molecule has 2 aromatic rings. The van der Waals surface area contributed by atoms with Crippen molar-refractivity contribution in [2.24, 2.45) is 0 Å². The van der Waals surface area contributed by atoms with Crippen LogP contribution in [0.15, 0.2) is 23.4 Å². The zero-order valence-electron chi connectivity index (χ0n) is 15.1. The number of anilines is 2. The minimum atomic E-state index is -1.01. The van der Waals surface area contributed by atoms with Crippen LogP contribution in [0.25, 0.3) is 0 Å². The highest BCUT2D eigenvalue weighted by Crippen LogP contribution is 2.27. The molecule has 2 heterocycles. The van der Waals surface area contributed by atoms with Gasteiger partial charge < -0.3 is 15.0 Å². The summed E-state index contributed by atoms with van der Waals surface area (Å²) in [7, 11) is 0. The second-order valence-electron chi connectivity index (χ2n) is 6.00. The molecule has 7 nitrogen and oxygen atoms in total. The van der Waals surface area contributed by atoms with E-state index in [4.69, 9.17) is 4.74 Å². The summed E-state index contributed by atoms with van der Waals surface area (Å²) in [4.78, 5) is 14.5. The number of rotatable bonds is 6. The van der Waals surface area contributed by atoms with E-state index in [9.17, 15) is 13.6 Å². The monoisotopic (exact) mass is 397 g/mol. The first-order valence-electron chi connectivity index (χ1n) is 8.68. The van der Waals surface area contributed by atoms with Gasteiger partial charge in [-0.25, -0.2) is 8.78 Å². The summed E-state index contributed by atoms with van der Waals surface area (Å²) in [6.07, 6.45) is 0. The number of hydrogen-bond acceptors (Lipinski definition) is 6. The minimum absolute atomic E-state index is 0.206. The molecule has 146 valence electrons. The second kappa shape index (κ2) is 8.66. The Kier molecular flexibility index (Phi) is 6.27. The highest BCUT2D eigenvalue weighted by atomic mass is 32.2. The molecule has 1 amide bonds. The third-order valence-corrected chi connectivity index (χ3v) is 5.23. The number of carbonyl (C=O) groups is 1. The molecule has 1 fully saturated rings. The lowest BCUT2D eigenvalue weighted by molar-refractivity contribution is -0.115. The molecular formula is C17H21F2N5O2S. The number of aromatic nitrogens is 3. The SMILES string of the molecule is CCn1c(S[C@@H](C)C(=O)Nc2ccc(F)c(F)c2)nnc1N1CCOCC1.